The number of benzene rings is 2. The minimum atomic E-state index is -1.02. The van der Waals surface area contributed by atoms with Gasteiger partial charge in [-0.1, -0.05) is 22.9 Å². The Morgan fingerprint density at radius 2 is 2.09 bits per heavy atom. The molecule has 3 rings (SSSR count). The van der Waals surface area contributed by atoms with Crippen molar-refractivity contribution in [3.8, 4) is 5.75 Å². The maximum absolute atomic E-state index is 13.1. The van der Waals surface area contributed by atoms with E-state index < -0.39 is 17.0 Å². The van der Waals surface area contributed by atoms with Crippen molar-refractivity contribution < 1.29 is 19.2 Å². The summed E-state index contributed by atoms with van der Waals surface area (Å²) in [5.41, 5.74) is 0.233. The highest BCUT2D eigenvalue weighted by molar-refractivity contribution is 9.10. The van der Waals surface area contributed by atoms with Gasteiger partial charge in [0.15, 0.2) is 11.9 Å². The molecule has 1 aromatic heterocycles. The summed E-state index contributed by atoms with van der Waals surface area (Å²) in [6.07, 6.45) is 1.59. The van der Waals surface area contributed by atoms with Gasteiger partial charge in [0.05, 0.1) is 29.2 Å². The number of carbonyl (C=O) groups is 1. The summed E-state index contributed by atoms with van der Waals surface area (Å²) in [6, 6.07) is 9.38. The van der Waals surface area contributed by atoms with Gasteiger partial charge in [-0.15, -0.1) is 0 Å². The van der Waals surface area contributed by atoms with Crippen LogP contribution in [0.5, 0.6) is 5.75 Å². The van der Waals surface area contributed by atoms with Crippen LogP contribution in [0.2, 0.25) is 0 Å². The number of fused-ring (bicyclic) bond motifs is 1. The van der Waals surface area contributed by atoms with Crippen LogP contribution in [0, 0.1) is 10.1 Å². The Morgan fingerprint density at radius 1 is 1.33 bits per heavy atom. The lowest BCUT2D eigenvalue weighted by Crippen LogP contribution is -2.25. The highest BCUT2D eigenvalue weighted by atomic mass is 79.9. The lowest BCUT2D eigenvalue weighted by molar-refractivity contribution is -0.386. The number of aryl methyl sites for hydroxylation is 1. The van der Waals surface area contributed by atoms with Crippen LogP contribution in [0.4, 0.5) is 5.69 Å². The summed E-state index contributed by atoms with van der Waals surface area (Å²) in [4.78, 5) is 40.1. The summed E-state index contributed by atoms with van der Waals surface area (Å²) in [7, 11) is 1.20. The van der Waals surface area contributed by atoms with E-state index in [1.54, 1.807) is 12.1 Å². The van der Waals surface area contributed by atoms with Crippen molar-refractivity contribution in [3.05, 3.63) is 72.7 Å². The Morgan fingerprint density at radius 3 is 2.76 bits per heavy atom. The van der Waals surface area contributed by atoms with Crippen LogP contribution in [0.25, 0.3) is 10.9 Å². The zero-order valence-electron chi connectivity index (χ0n) is 18.1. The van der Waals surface area contributed by atoms with Crippen LogP contribution >= 0.6 is 15.9 Å². The Kier molecular flexibility index (Phi) is 7.54. The molecule has 0 aliphatic rings. The van der Waals surface area contributed by atoms with Crippen LogP contribution in [0.15, 0.2) is 50.8 Å². The van der Waals surface area contributed by atoms with Gasteiger partial charge < -0.3 is 9.47 Å². The molecule has 172 valence electrons. The number of hydrogen-bond acceptors (Lipinski definition) is 8. The second-order valence-corrected chi connectivity index (χ2v) is 7.98. The van der Waals surface area contributed by atoms with Gasteiger partial charge >= 0.3 is 11.7 Å². The maximum atomic E-state index is 13.1. The highest BCUT2D eigenvalue weighted by Gasteiger charge is 2.22. The second kappa shape index (κ2) is 10.3. The Labute approximate surface area is 197 Å². The number of ether oxygens (including phenoxy) is 2. The third kappa shape index (κ3) is 5.43. The molecule has 0 aliphatic heterocycles. The van der Waals surface area contributed by atoms with Gasteiger partial charge in [0.25, 0.3) is 5.56 Å². The Hall–Kier alpha value is -3.60. The number of esters is 1. The van der Waals surface area contributed by atoms with Gasteiger partial charge in [0.2, 0.25) is 0 Å². The third-order valence-electron chi connectivity index (χ3n) is 4.69. The van der Waals surface area contributed by atoms with Gasteiger partial charge in [0, 0.05) is 22.5 Å². The molecule has 0 saturated heterocycles. The average Bonchev–Trinajstić information content (AvgIpc) is 2.79. The third-order valence-corrected chi connectivity index (χ3v) is 5.18. The lowest BCUT2D eigenvalue weighted by atomic mass is 10.2. The highest BCUT2D eigenvalue weighted by Crippen LogP contribution is 2.28. The molecule has 0 spiro atoms. The van der Waals surface area contributed by atoms with Crippen molar-refractivity contribution in [2.24, 2.45) is 5.10 Å². The quantitative estimate of drug-likeness (QED) is 0.192. The standard InChI is InChI=1S/C22H21BrN4O6/c1-4-5-20-25-17-8-7-15(23)11-16(17)21(28)26(20)24-12-14-6-9-19(18(10-14)27(30)31)33-13(2)22(29)32-3/h6-13H,4-5H2,1-3H3/t13-/m0/s1. The van der Waals surface area contributed by atoms with Gasteiger partial charge in [-0.3, -0.25) is 14.9 Å². The van der Waals surface area contributed by atoms with Crippen LogP contribution in [-0.4, -0.2) is 40.0 Å². The second-order valence-electron chi connectivity index (χ2n) is 7.07. The molecule has 0 fully saturated rings. The number of hydrogen-bond donors (Lipinski definition) is 0. The number of nitro benzene ring substituents is 1. The van der Waals surface area contributed by atoms with Crippen molar-refractivity contribution in [2.75, 3.05) is 7.11 Å². The molecule has 1 atom stereocenters. The van der Waals surface area contributed by atoms with E-state index in [2.05, 4.69) is 30.8 Å². The van der Waals surface area contributed by atoms with E-state index in [0.717, 1.165) is 10.9 Å². The number of carbonyl (C=O) groups excluding carboxylic acids is 1. The molecule has 0 bridgehead atoms. The molecule has 10 nitrogen and oxygen atoms in total. The van der Waals surface area contributed by atoms with Crippen molar-refractivity contribution >= 4 is 44.7 Å². The van der Waals surface area contributed by atoms with E-state index in [0.29, 0.717) is 28.7 Å². The molecule has 3 aromatic rings. The number of aromatic nitrogens is 2. The predicted molar refractivity (Wildman–Crippen MR) is 126 cm³/mol. The minimum Gasteiger partial charge on any atom is -0.472 e. The number of halogens is 1. The van der Waals surface area contributed by atoms with E-state index >= 15 is 0 Å². The molecular weight excluding hydrogens is 496 g/mol. The number of nitrogens with zero attached hydrogens (tertiary/aromatic N) is 4. The predicted octanol–water partition coefficient (Wildman–Crippen LogP) is 3.84. The van der Waals surface area contributed by atoms with Crippen molar-refractivity contribution in [2.45, 2.75) is 32.8 Å². The van der Waals surface area contributed by atoms with E-state index in [1.807, 2.05) is 13.0 Å². The first kappa shape index (κ1) is 24.1. The molecule has 0 N–H and O–H groups in total. The van der Waals surface area contributed by atoms with Crippen LogP contribution in [0.1, 0.15) is 31.7 Å². The number of rotatable bonds is 8. The molecule has 0 aliphatic carbocycles. The molecule has 1 heterocycles. The fourth-order valence-electron chi connectivity index (χ4n) is 3.09. The van der Waals surface area contributed by atoms with Gasteiger partial charge in [-0.2, -0.15) is 9.78 Å². The van der Waals surface area contributed by atoms with E-state index in [1.165, 1.54) is 43.1 Å². The number of methoxy groups -OCH3 is 1. The van der Waals surface area contributed by atoms with Gasteiger partial charge in [-0.25, -0.2) is 9.78 Å². The Balaban J connectivity index is 2.02. The first-order valence-corrected chi connectivity index (χ1v) is 10.8. The van der Waals surface area contributed by atoms with E-state index in [-0.39, 0.29) is 17.0 Å². The van der Waals surface area contributed by atoms with Gasteiger partial charge in [-0.05, 0) is 43.7 Å². The number of nitro groups is 1. The first-order valence-electron chi connectivity index (χ1n) is 10.0. The summed E-state index contributed by atoms with van der Waals surface area (Å²) < 4.78 is 11.9. The minimum absolute atomic E-state index is 0.0869. The van der Waals surface area contributed by atoms with Crippen LogP contribution in [0.3, 0.4) is 0 Å². The topological polar surface area (TPSA) is 126 Å². The fourth-order valence-corrected chi connectivity index (χ4v) is 3.45. The molecule has 33 heavy (non-hydrogen) atoms. The molecular formula is C22H21BrN4O6. The lowest BCUT2D eigenvalue weighted by Gasteiger charge is -2.12. The monoisotopic (exact) mass is 516 g/mol. The van der Waals surface area contributed by atoms with Crippen molar-refractivity contribution in [3.63, 3.8) is 0 Å². The molecule has 0 radical (unpaired) electrons. The molecule has 2 aromatic carbocycles. The van der Waals surface area contributed by atoms with Crippen LogP contribution in [-0.2, 0) is 16.0 Å². The SMILES string of the molecule is CCCc1nc2ccc(Br)cc2c(=O)n1N=Cc1ccc(O[C@@H](C)C(=O)OC)c([N+](=O)[O-])c1. The smallest absolute Gasteiger partial charge is 0.346 e. The molecule has 0 amide bonds. The summed E-state index contributed by atoms with van der Waals surface area (Å²) in [5, 5.41) is 16.2. The van der Waals surface area contributed by atoms with Crippen molar-refractivity contribution in [1.82, 2.24) is 9.66 Å². The van der Waals surface area contributed by atoms with E-state index in [4.69, 9.17) is 4.74 Å². The summed E-state index contributed by atoms with van der Waals surface area (Å²) in [6.45, 7) is 3.39. The molecule has 0 saturated carbocycles. The molecule has 0 unspecified atom stereocenters. The zero-order chi connectivity index (χ0) is 24.1. The maximum Gasteiger partial charge on any atom is 0.346 e. The summed E-state index contributed by atoms with van der Waals surface area (Å²) >= 11 is 3.36. The van der Waals surface area contributed by atoms with Crippen molar-refractivity contribution in [1.29, 1.82) is 0 Å². The van der Waals surface area contributed by atoms with E-state index in [9.17, 15) is 19.7 Å². The zero-order valence-corrected chi connectivity index (χ0v) is 19.7. The normalized spacial score (nSPS) is 12.1. The first-order chi connectivity index (χ1) is 15.7. The fraction of sp³-hybridized carbons (Fsp3) is 0.273. The van der Waals surface area contributed by atoms with Crippen LogP contribution < -0.4 is 10.3 Å². The van der Waals surface area contributed by atoms with Gasteiger partial charge in [0.1, 0.15) is 5.82 Å². The Bertz CT molecular complexity index is 1300. The molecule has 11 heteroatoms. The largest absolute Gasteiger partial charge is 0.472 e. The summed E-state index contributed by atoms with van der Waals surface area (Å²) in [5.74, 6) is -0.265. The average molecular weight is 517 g/mol.